The fourth-order valence-corrected chi connectivity index (χ4v) is 2.24. The third-order valence-electron chi connectivity index (χ3n) is 3.35. The molecule has 0 aliphatic rings. The van der Waals surface area contributed by atoms with Gasteiger partial charge in [0.25, 0.3) is 0 Å². The Morgan fingerprint density at radius 2 is 1.35 bits per heavy atom. The van der Waals surface area contributed by atoms with Crippen LogP contribution in [0.4, 0.5) is 0 Å². The summed E-state index contributed by atoms with van der Waals surface area (Å²) in [5, 5.41) is 13.4. The smallest absolute Gasteiger partial charge is 0.0603 e. The lowest BCUT2D eigenvalue weighted by molar-refractivity contribution is 0.0707. The first-order chi connectivity index (χ1) is 9.56. The molecular weight excluding hydrogens is 246 g/mol. The highest BCUT2D eigenvalue weighted by Crippen LogP contribution is 2.22. The minimum Gasteiger partial charge on any atom is -0.390 e. The molecule has 0 bridgehead atoms. The zero-order chi connectivity index (χ0) is 14.4. The van der Waals surface area contributed by atoms with Crippen molar-refractivity contribution in [3.63, 3.8) is 0 Å². The van der Waals surface area contributed by atoms with Crippen LogP contribution >= 0.6 is 0 Å². The molecule has 20 heavy (non-hydrogen) atoms. The van der Waals surface area contributed by atoms with Crippen molar-refractivity contribution in [3.8, 4) is 0 Å². The van der Waals surface area contributed by atoms with Crippen molar-refractivity contribution in [1.29, 1.82) is 0 Å². The lowest BCUT2D eigenvalue weighted by atomic mass is 9.98. The van der Waals surface area contributed by atoms with Gasteiger partial charge in [0.15, 0.2) is 0 Å². The van der Waals surface area contributed by atoms with E-state index >= 15 is 0 Å². The van der Waals surface area contributed by atoms with Gasteiger partial charge in [-0.05, 0) is 37.9 Å². The number of aliphatic hydroxyl groups is 1. The molecule has 0 aliphatic heterocycles. The van der Waals surface area contributed by atoms with Crippen LogP contribution in [0.3, 0.4) is 0 Å². The Balaban J connectivity index is 2.13. The zero-order valence-corrected chi connectivity index (χ0v) is 12.2. The Kier molecular flexibility index (Phi) is 4.94. The molecule has 0 amide bonds. The predicted octanol–water partition coefficient (Wildman–Crippen LogP) is 3.53. The minimum absolute atomic E-state index is 0.166. The first-order valence-corrected chi connectivity index (χ1v) is 7.12. The van der Waals surface area contributed by atoms with Gasteiger partial charge in [-0.2, -0.15) is 0 Å². The molecule has 0 fully saturated rings. The maximum atomic E-state index is 9.83. The highest BCUT2D eigenvalue weighted by Gasteiger charge is 2.16. The summed E-state index contributed by atoms with van der Waals surface area (Å²) in [6, 6.07) is 21.0. The van der Waals surface area contributed by atoms with E-state index < -0.39 is 5.60 Å². The molecule has 0 atom stereocenters. The quantitative estimate of drug-likeness (QED) is 0.841. The van der Waals surface area contributed by atoms with Crippen molar-refractivity contribution in [2.24, 2.45) is 0 Å². The second-order valence-electron chi connectivity index (χ2n) is 5.77. The summed E-state index contributed by atoms with van der Waals surface area (Å²) in [7, 11) is 0. The maximum absolute atomic E-state index is 9.83. The fourth-order valence-electron chi connectivity index (χ4n) is 2.24. The van der Waals surface area contributed by atoms with E-state index in [1.807, 2.05) is 26.0 Å². The predicted molar refractivity (Wildman–Crippen MR) is 83.6 cm³/mol. The van der Waals surface area contributed by atoms with Crippen LogP contribution in [-0.2, 0) is 0 Å². The van der Waals surface area contributed by atoms with Gasteiger partial charge >= 0.3 is 0 Å². The van der Waals surface area contributed by atoms with Gasteiger partial charge in [0.2, 0.25) is 0 Å². The largest absolute Gasteiger partial charge is 0.390 e. The van der Waals surface area contributed by atoms with E-state index in [2.05, 4.69) is 53.8 Å². The molecule has 0 aromatic heterocycles. The zero-order valence-electron chi connectivity index (χ0n) is 12.2. The molecule has 0 spiro atoms. The standard InChI is InChI=1S/C18H23NO/c1-18(2,20)13-14-19-17(15-9-5-3-6-10-15)16-11-7-4-8-12-16/h3-12,17,19-20H,13-14H2,1-2H3. The van der Waals surface area contributed by atoms with Crippen molar-refractivity contribution in [2.45, 2.75) is 31.9 Å². The van der Waals surface area contributed by atoms with Gasteiger partial charge in [-0.1, -0.05) is 60.7 Å². The first-order valence-electron chi connectivity index (χ1n) is 7.12. The van der Waals surface area contributed by atoms with Gasteiger partial charge in [0.05, 0.1) is 11.6 Å². The number of nitrogens with one attached hydrogen (secondary N) is 1. The molecule has 2 aromatic rings. The van der Waals surface area contributed by atoms with Crippen LogP contribution in [0.1, 0.15) is 37.4 Å². The summed E-state index contributed by atoms with van der Waals surface area (Å²) in [6.45, 7) is 4.46. The monoisotopic (exact) mass is 269 g/mol. The highest BCUT2D eigenvalue weighted by atomic mass is 16.3. The third kappa shape index (κ3) is 4.48. The van der Waals surface area contributed by atoms with Crippen LogP contribution in [0.15, 0.2) is 60.7 Å². The molecule has 2 nitrogen and oxygen atoms in total. The summed E-state index contributed by atoms with van der Waals surface area (Å²) < 4.78 is 0. The van der Waals surface area contributed by atoms with E-state index in [9.17, 15) is 5.11 Å². The number of hydrogen-bond acceptors (Lipinski definition) is 2. The molecule has 2 heteroatoms. The molecule has 0 radical (unpaired) electrons. The summed E-state index contributed by atoms with van der Waals surface area (Å²) in [5.41, 5.74) is 1.86. The number of benzene rings is 2. The average molecular weight is 269 g/mol. The SMILES string of the molecule is CC(C)(O)CCNC(c1ccccc1)c1ccccc1. The molecule has 0 unspecified atom stereocenters. The van der Waals surface area contributed by atoms with E-state index in [0.29, 0.717) is 0 Å². The van der Waals surface area contributed by atoms with Crippen LogP contribution in [-0.4, -0.2) is 17.3 Å². The molecule has 0 saturated carbocycles. The van der Waals surface area contributed by atoms with Crippen molar-refractivity contribution in [2.75, 3.05) is 6.54 Å². The van der Waals surface area contributed by atoms with Crippen LogP contribution < -0.4 is 5.32 Å². The fraction of sp³-hybridized carbons (Fsp3) is 0.333. The molecule has 2 rings (SSSR count). The summed E-state index contributed by atoms with van der Waals surface area (Å²) in [5.74, 6) is 0. The van der Waals surface area contributed by atoms with Crippen LogP contribution in [0.5, 0.6) is 0 Å². The second kappa shape index (κ2) is 6.69. The Labute approximate surface area is 121 Å². The first kappa shape index (κ1) is 14.8. The Morgan fingerprint density at radius 3 is 1.75 bits per heavy atom. The Hall–Kier alpha value is -1.64. The summed E-state index contributed by atoms with van der Waals surface area (Å²) >= 11 is 0. The number of hydrogen-bond donors (Lipinski definition) is 2. The van der Waals surface area contributed by atoms with Crippen molar-refractivity contribution in [1.82, 2.24) is 5.32 Å². The normalized spacial score (nSPS) is 11.8. The lowest BCUT2D eigenvalue weighted by Crippen LogP contribution is -2.29. The van der Waals surface area contributed by atoms with Crippen molar-refractivity contribution < 1.29 is 5.11 Å². The number of rotatable bonds is 6. The Morgan fingerprint density at radius 1 is 0.900 bits per heavy atom. The highest BCUT2D eigenvalue weighted by molar-refractivity contribution is 5.31. The van der Waals surface area contributed by atoms with Gasteiger partial charge in [-0.15, -0.1) is 0 Å². The Bertz CT molecular complexity index is 462. The van der Waals surface area contributed by atoms with Crippen LogP contribution in [0.2, 0.25) is 0 Å². The van der Waals surface area contributed by atoms with E-state index in [0.717, 1.165) is 13.0 Å². The summed E-state index contributed by atoms with van der Waals surface area (Å²) in [4.78, 5) is 0. The van der Waals surface area contributed by atoms with Crippen LogP contribution in [0.25, 0.3) is 0 Å². The minimum atomic E-state index is -0.634. The van der Waals surface area contributed by atoms with E-state index in [-0.39, 0.29) is 6.04 Å². The van der Waals surface area contributed by atoms with Gasteiger partial charge in [0, 0.05) is 0 Å². The molecule has 106 valence electrons. The van der Waals surface area contributed by atoms with Gasteiger partial charge < -0.3 is 10.4 Å². The van der Waals surface area contributed by atoms with Crippen molar-refractivity contribution in [3.05, 3.63) is 71.8 Å². The topological polar surface area (TPSA) is 32.3 Å². The molecule has 0 saturated heterocycles. The maximum Gasteiger partial charge on any atom is 0.0603 e. The average Bonchev–Trinajstić information content (AvgIpc) is 2.44. The van der Waals surface area contributed by atoms with Gasteiger partial charge in [-0.25, -0.2) is 0 Å². The third-order valence-corrected chi connectivity index (χ3v) is 3.35. The van der Waals surface area contributed by atoms with Crippen LogP contribution in [0, 0.1) is 0 Å². The van der Waals surface area contributed by atoms with E-state index in [1.165, 1.54) is 11.1 Å². The summed E-state index contributed by atoms with van der Waals surface area (Å²) in [6.07, 6.45) is 0.725. The molecular formula is C18H23NO. The van der Waals surface area contributed by atoms with E-state index in [1.54, 1.807) is 0 Å². The van der Waals surface area contributed by atoms with E-state index in [4.69, 9.17) is 0 Å². The van der Waals surface area contributed by atoms with Crippen molar-refractivity contribution >= 4 is 0 Å². The molecule has 0 aliphatic carbocycles. The lowest BCUT2D eigenvalue weighted by Gasteiger charge is -2.23. The second-order valence-corrected chi connectivity index (χ2v) is 5.77. The molecule has 2 aromatic carbocycles. The molecule has 0 heterocycles. The van der Waals surface area contributed by atoms with Gasteiger partial charge in [0.1, 0.15) is 0 Å². The van der Waals surface area contributed by atoms with Gasteiger partial charge in [-0.3, -0.25) is 0 Å². The molecule has 2 N–H and O–H groups in total.